The van der Waals surface area contributed by atoms with Crippen LogP contribution in [0.1, 0.15) is 12.8 Å². The van der Waals surface area contributed by atoms with Crippen LogP contribution in [0.2, 0.25) is 5.15 Å². The van der Waals surface area contributed by atoms with Gasteiger partial charge in [-0.2, -0.15) is 0 Å². The average Bonchev–Trinajstić information content (AvgIpc) is 2.38. The first-order chi connectivity index (χ1) is 9.39. The van der Waals surface area contributed by atoms with Gasteiger partial charge in [-0.25, -0.2) is 4.98 Å². The Morgan fingerprint density at radius 2 is 2.20 bits per heavy atom. The number of hydrogen-bond donors (Lipinski definition) is 1. The average molecular weight is 302 g/mol. The van der Waals surface area contributed by atoms with Crippen molar-refractivity contribution >= 4 is 23.1 Å². The Bertz CT molecular complexity index is 505. The quantitative estimate of drug-likeness (QED) is 0.516. The molecule has 1 saturated heterocycles. The van der Waals surface area contributed by atoms with Crippen LogP contribution in [-0.2, 0) is 4.74 Å². The van der Waals surface area contributed by atoms with Gasteiger partial charge in [0.2, 0.25) is 0 Å². The second-order valence-corrected chi connectivity index (χ2v) is 5.34. The summed E-state index contributed by atoms with van der Waals surface area (Å²) in [5.41, 5.74) is -0.989. The lowest BCUT2D eigenvalue weighted by Gasteiger charge is -2.35. The maximum atomic E-state index is 10.8. The second-order valence-electron chi connectivity index (χ2n) is 4.96. The van der Waals surface area contributed by atoms with Gasteiger partial charge in [0.1, 0.15) is 11.0 Å². The molecule has 0 amide bonds. The lowest BCUT2D eigenvalue weighted by Crippen LogP contribution is -2.46. The number of aromatic nitrogens is 1. The number of aliphatic hydroxyl groups is 1. The third-order valence-corrected chi connectivity index (χ3v) is 3.52. The van der Waals surface area contributed by atoms with Crippen molar-refractivity contribution in [2.45, 2.75) is 18.4 Å². The van der Waals surface area contributed by atoms with Crippen LogP contribution in [0.4, 0.5) is 11.5 Å². The molecule has 20 heavy (non-hydrogen) atoms. The molecule has 1 fully saturated rings. The minimum atomic E-state index is -0.869. The van der Waals surface area contributed by atoms with Crippen LogP contribution in [0.15, 0.2) is 12.1 Å². The van der Waals surface area contributed by atoms with Gasteiger partial charge < -0.3 is 14.7 Å². The zero-order chi connectivity index (χ0) is 14.8. The van der Waals surface area contributed by atoms with Crippen LogP contribution in [0.25, 0.3) is 0 Å². The van der Waals surface area contributed by atoms with E-state index in [2.05, 4.69) is 4.98 Å². The van der Waals surface area contributed by atoms with Gasteiger partial charge in [-0.1, -0.05) is 11.6 Å². The number of nitrogens with zero attached hydrogens (tertiary/aromatic N) is 3. The Labute approximate surface area is 121 Å². The largest absolute Gasteiger partial charge is 0.388 e. The van der Waals surface area contributed by atoms with Crippen molar-refractivity contribution in [3.8, 4) is 0 Å². The number of anilines is 1. The fourth-order valence-electron chi connectivity index (χ4n) is 2.20. The van der Waals surface area contributed by atoms with Crippen LogP contribution in [0.5, 0.6) is 0 Å². The Kier molecular flexibility index (Phi) is 4.42. The van der Waals surface area contributed by atoms with Crippen LogP contribution >= 0.6 is 11.6 Å². The first-order valence-corrected chi connectivity index (χ1v) is 6.61. The molecule has 1 aromatic rings. The maximum absolute atomic E-state index is 10.8. The molecule has 1 aromatic heterocycles. The smallest absolute Gasteiger partial charge is 0.276 e. The Hall–Kier alpha value is -1.44. The third kappa shape index (κ3) is 3.56. The van der Waals surface area contributed by atoms with E-state index in [1.807, 2.05) is 0 Å². The molecule has 0 aromatic carbocycles. The van der Waals surface area contributed by atoms with E-state index in [-0.39, 0.29) is 10.8 Å². The van der Waals surface area contributed by atoms with Gasteiger partial charge in [0.15, 0.2) is 0 Å². The molecule has 1 aliphatic heterocycles. The lowest BCUT2D eigenvalue weighted by molar-refractivity contribution is -0.384. The highest BCUT2D eigenvalue weighted by Crippen LogP contribution is 2.26. The summed E-state index contributed by atoms with van der Waals surface area (Å²) in [6, 6.07) is 2.54. The number of rotatable bonds is 4. The molecule has 0 atom stereocenters. The fourth-order valence-corrected chi connectivity index (χ4v) is 2.40. The van der Waals surface area contributed by atoms with Gasteiger partial charge in [-0.3, -0.25) is 10.1 Å². The molecule has 0 aliphatic carbocycles. The van der Waals surface area contributed by atoms with E-state index >= 15 is 0 Å². The van der Waals surface area contributed by atoms with Crippen molar-refractivity contribution in [1.82, 2.24) is 4.98 Å². The van der Waals surface area contributed by atoms with E-state index < -0.39 is 10.5 Å². The van der Waals surface area contributed by atoms with E-state index in [0.29, 0.717) is 38.4 Å². The lowest BCUT2D eigenvalue weighted by atomic mass is 9.94. The van der Waals surface area contributed by atoms with Crippen LogP contribution in [-0.4, -0.2) is 47.4 Å². The normalized spacial score (nSPS) is 17.8. The molecule has 2 heterocycles. The van der Waals surface area contributed by atoms with Gasteiger partial charge in [0, 0.05) is 39.6 Å². The van der Waals surface area contributed by atoms with E-state index in [4.69, 9.17) is 16.3 Å². The Morgan fingerprint density at radius 1 is 1.55 bits per heavy atom. The monoisotopic (exact) mass is 301 g/mol. The van der Waals surface area contributed by atoms with Gasteiger partial charge in [0.05, 0.1) is 22.7 Å². The molecular weight excluding hydrogens is 286 g/mol. The summed E-state index contributed by atoms with van der Waals surface area (Å²) in [4.78, 5) is 16.0. The van der Waals surface area contributed by atoms with Gasteiger partial charge in [0.25, 0.3) is 5.69 Å². The minimum Gasteiger partial charge on any atom is -0.388 e. The number of ether oxygens (including phenoxy) is 1. The van der Waals surface area contributed by atoms with Crippen molar-refractivity contribution in [2.75, 3.05) is 31.7 Å². The molecule has 8 heteroatoms. The highest BCUT2D eigenvalue weighted by molar-refractivity contribution is 6.29. The molecular formula is C12H16ClN3O4. The minimum absolute atomic E-state index is 0.0556. The van der Waals surface area contributed by atoms with E-state index in [1.165, 1.54) is 12.1 Å². The predicted octanol–water partition coefficient (Wildman–Crippen LogP) is 1.62. The number of nitro groups is 1. The number of likely N-dealkylation sites (N-methyl/N-ethyl adjacent to an activating group) is 1. The summed E-state index contributed by atoms with van der Waals surface area (Å²) < 4.78 is 5.22. The SMILES string of the molecule is CN(CC1(O)CCOCC1)c1cc([N+](=O)[O-])cc(Cl)n1. The highest BCUT2D eigenvalue weighted by Gasteiger charge is 2.31. The number of halogens is 1. The molecule has 0 saturated carbocycles. The Morgan fingerprint density at radius 3 is 2.80 bits per heavy atom. The van der Waals surface area contributed by atoms with E-state index in [9.17, 15) is 15.2 Å². The van der Waals surface area contributed by atoms with Crippen LogP contribution in [0, 0.1) is 10.1 Å². The zero-order valence-electron chi connectivity index (χ0n) is 11.1. The maximum Gasteiger partial charge on any atom is 0.276 e. The van der Waals surface area contributed by atoms with Crippen molar-refractivity contribution in [1.29, 1.82) is 0 Å². The standard InChI is InChI=1S/C12H16ClN3O4/c1-15(8-12(17)2-4-20-5-3-12)11-7-9(16(18)19)6-10(13)14-11/h6-7,17H,2-5,8H2,1H3. The summed E-state index contributed by atoms with van der Waals surface area (Å²) in [5.74, 6) is 0.365. The molecule has 0 bridgehead atoms. The summed E-state index contributed by atoms with van der Waals surface area (Å²) in [6.45, 7) is 1.34. The molecule has 110 valence electrons. The third-order valence-electron chi connectivity index (χ3n) is 3.32. The van der Waals surface area contributed by atoms with Crippen LogP contribution < -0.4 is 4.90 Å². The summed E-state index contributed by atoms with van der Waals surface area (Å²) in [6.07, 6.45) is 1.06. The predicted molar refractivity (Wildman–Crippen MR) is 74.2 cm³/mol. The van der Waals surface area contributed by atoms with E-state index in [0.717, 1.165) is 0 Å². The number of pyridine rings is 1. The summed E-state index contributed by atoms with van der Waals surface area (Å²) in [5, 5.41) is 21.3. The molecule has 1 aliphatic rings. The summed E-state index contributed by atoms with van der Waals surface area (Å²) >= 11 is 5.79. The molecule has 0 radical (unpaired) electrons. The fraction of sp³-hybridized carbons (Fsp3) is 0.583. The van der Waals surface area contributed by atoms with Crippen molar-refractivity contribution in [3.05, 3.63) is 27.4 Å². The van der Waals surface area contributed by atoms with E-state index in [1.54, 1.807) is 11.9 Å². The molecule has 2 rings (SSSR count). The first-order valence-electron chi connectivity index (χ1n) is 6.23. The molecule has 1 N–H and O–H groups in total. The topological polar surface area (TPSA) is 88.7 Å². The zero-order valence-corrected chi connectivity index (χ0v) is 11.8. The first kappa shape index (κ1) is 15.0. The van der Waals surface area contributed by atoms with Gasteiger partial charge in [-0.05, 0) is 0 Å². The van der Waals surface area contributed by atoms with Crippen molar-refractivity contribution in [2.24, 2.45) is 0 Å². The number of hydrogen-bond acceptors (Lipinski definition) is 6. The second kappa shape index (κ2) is 5.90. The molecule has 7 nitrogen and oxygen atoms in total. The van der Waals surface area contributed by atoms with Crippen molar-refractivity contribution in [3.63, 3.8) is 0 Å². The molecule has 0 unspecified atom stereocenters. The van der Waals surface area contributed by atoms with Crippen LogP contribution in [0.3, 0.4) is 0 Å². The molecule has 0 spiro atoms. The van der Waals surface area contributed by atoms with Gasteiger partial charge in [-0.15, -0.1) is 0 Å². The Balaban J connectivity index is 2.16. The van der Waals surface area contributed by atoms with Crippen molar-refractivity contribution < 1.29 is 14.8 Å². The summed E-state index contributed by atoms with van der Waals surface area (Å²) in [7, 11) is 1.72. The highest BCUT2D eigenvalue weighted by atomic mass is 35.5. The van der Waals surface area contributed by atoms with Gasteiger partial charge >= 0.3 is 0 Å².